The molecule has 3 aliphatic rings. The smallest absolute Gasteiger partial charge is 0.219 e. The van der Waals surface area contributed by atoms with Gasteiger partial charge in [0, 0.05) is 21.3 Å². The Morgan fingerprint density at radius 2 is 2.12 bits per heavy atom. The minimum atomic E-state index is -0.0667. The molecule has 1 saturated carbocycles. The lowest BCUT2D eigenvalue weighted by Gasteiger charge is -2.35. The summed E-state index contributed by atoms with van der Waals surface area (Å²) in [6.45, 7) is 7.39. The Kier molecular flexibility index (Phi) is 4.62. The molecule has 0 amide bonds. The fraction of sp³-hybridized carbons (Fsp3) is 0.650. The third-order valence-corrected chi connectivity index (χ3v) is 8.01. The number of benzene rings is 1. The number of fused-ring (bicyclic) bond motifs is 1. The lowest BCUT2D eigenvalue weighted by molar-refractivity contribution is 0.108. The zero-order chi connectivity index (χ0) is 17.7. The summed E-state index contributed by atoms with van der Waals surface area (Å²) in [5, 5.41) is 0.810. The van der Waals surface area contributed by atoms with Crippen LogP contribution in [0, 0.1) is 5.92 Å². The van der Waals surface area contributed by atoms with Crippen LogP contribution in [0.1, 0.15) is 50.4 Å². The van der Waals surface area contributed by atoms with Gasteiger partial charge < -0.3 is 9.47 Å². The molecule has 2 aliphatic heterocycles. The van der Waals surface area contributed by atoms with Gasteiger partial charge in [0.15, 0.2) is 0 Å². The van der Waals surface area contributed by atoms with E-state index in [1.165, 1.54) is 17.5 Å². The number of thioether (sulfide) groups is 2. The van der Waals surface area contributed by atoms with E-state index in [0.717, 1.165) is 37.2 Å². The molecule has 0 bridgehead atoms. The van der Waals surface area contributed by atoms with E-state index >= 15 is 0 Å². The van der Waals surface area contributed by atoms with Gasteiger partial charge in [0.1, 0.15) is 12.4 Å². The van der Waals surface area contributed by atoms with Crippen molar-refractivity contribution in [2.24, 2.45) is 5.92 Å². The third-order valence-electron chi connectivity index (χ3n) is 5.79. The van der Waals surface area contributed by atoms with E-state index in [1.807, 2.05) is 36.0 Å². The Bertz CT molecular complexity index is 653. The highest BCUT2D eigenvalue weighted by Gasteiger charge is 2.57. The quantitative estimate of drug-likeness (QED) is 0.666. The number of carbonyl (C=O) groups excluding carboxylic acids is 1. The van der Waals surface area contributed by atoms with Crippen molar-refractivity contribution in [3.63, 3.8) is 0 Å². The van der Waals surface area contributed by atoms with Crippen LogP contribution >= 0.6 is 23.5 Å². The van der Waals surface area contributed by atoms with Crippen LogP contribution in [0.15, 0.2) is 24.3 Å². The lowest BCUT2D eigenvalue weighted by Crippen LogP contribution is -2.35. The van der Waals surface area contributed by atoms with Crippen LogP contribution in [0.4, 0.5) is 0 Å². The normalized spacial score (nSPS) is 33.5. The highest BCUT2D eigenvalue weighted by atomic mass is 32.2. The van der Waals surface area contributed by atoms with Crippen molar-refractivity contribution in [2.45, 2.75) is 61.7 Å². The van der Waals surface area contributed by atoms with Gasteiger partial charge >= 0.3 is 0 Å². The van der Waals surface area contributed by atoms with Gasteiger partial charge in [-0.15, -0.1) is 0 Å². The summed E-state index contributed by atoms with van der Waals surface area (Å²) in [5.74, 6) is 2.58. The van der Waals surface area contributed by atoms with Crippen LogP contribution in [0.5, 0.6) is 5.75 Å². The van der Waals surface area contributed by atoms with E-state index in [2.05, 4.69) is 20.8 Å². The monoisotopic (exact) mass is 378 g/mol. The molecule has 1 aromatic rings. The maximum Gasteiger partial charge on any atom is 0.219 e. The van der Waals surface area contributed by atoms with Crippen LogP contribution in [-0.2, 0) is 4.74 Å². The van der Waals surface area contributed by atoms with Crippen LogP contribution < -0.4 is 4.74 Å². The van der Waals surface area contributed by atoms with Gasteiger partial charge in [-0.3, -0.25) is 4.79 Å². The largest absolute Gasteiger partial charge is 0.492 e. The van der Waals surface area contributed by atoms with Gasteiger partial charge in [-0.1, -0.05) is 11.8 Å². The first-order valence-corrected chi connectivity index (χ1v) is 11.0. The third kappa shape index (κ3) is 4.04. The maximum absolute atomic E-state index is 12.7. The molecule has 4 atom stereocenters. The Morgan fingerprint density at radius 1 is 1.40 bits per heavy atom. The molecular formula is C20H26O3S2. The molecule has 0 N–H and O–H groups in total. The Hall–Kier alpha value is -0.650. The molecule has 0 spiro atoms. The molecule has 136 valence electrons. The second-order valence-corrected chi connectivity index (χ2v) is 11.1. The number of hydrogen-bond acceptors (Lipinski definition) is 5. The van der Waals surface area contributed by atoms with Crippen molar-refractivity contribution >= 4 is 28.6 Å². The average molecular weight is 379 g/mol. The van der Waals surface area contributed by atoms with E-state index in [9.17, 15) is 4.79 Å². The second kappa shape index (κ2) is 6.50. The summed E-state index contributed by atoms with van der Waals surface area (Å²) in [6, 6.07) is 7.61. The first-order valence-electron chi connectivity index (χ1n) is 9.11. The molecule has 4 unspecified atom stereocenters. The summed E-state index contributed by atoms with van der Waals surface area (Å²) in [6.07, 6.45) is 3.75. The van der Waals surface area contributed by atoms with Crippen LogP contribution in [0.3, 0.4) is 0 Å². The van der Waals surface area contributed by atoms with Crippen LogP contribution in [0.2, 0.25) is 0 Å². The minimum Gasteiger partial charge on any atom is -0.492 e. The fourth-order valence-electron chi connectivity index (χ4n) is 3.70. The SMILES string of the molecule is CC12CCC(C(C)(C)SC(=O)c3ccc(OCC4CS4)cc3)CC1O2. The average Bonchev–Trinajstić information content (AvgIpc) is 3.47. The number of rotatable bonds is 6. The fourth-order valence-corrected chi connectivity index (χ4v) is 5.21. The maximum atomic E-state index is 12.7. The summed E-state index contributed by atoms with van der Waals surface area (Å²) in [5.41, 5.74) is 0.894. The summed E-state index contributed by atoms with van der Waals surface area (Å²) in [7, 11) is 0. The topological polar surface area (TPSA) is 38.8 Å². The van der Waals surface area contributed by atoms with Crippen molar-refractivity contribution in [3.05, 3.63) is 29.8 Å². The van der Waals surface area contributed by atoms with Gasteiger partial charge in [-0.2, -0.15) is 11.8 Å². The molecule has 5 heteroatoms. The number of hydrogen-bond donors (Lipinski definition) is 0. The summed E-state index contributed by atoms with van der Waals surface area (Å²) < 4.78 is 11.5. The Labute approximate surface area is 158 Å². The van der Waals surface area contributed by atoms with E-state index in [-0.39, 0.29) is 15.5 Å². The van der Waals surface area contributed by atoms with Gasteiger partial charge in [0.25, 0.3) is 0 Å². The number of carbonyl (C=O) groups is 1. The molecule has 3 nitrogen and oxygen atoms in total. The van der Waals surface area contributed by atoms with Crippen molar-refractivity contribution in [3.8, 4) is 5.75 Å². The molecule has 1 aliphatic carbocycles. The van der Waals surface area contributed by atoms with Crippen molar-refractivity contribution in [1.29, 1.82) is 0 Å². The van der Waals surface area contributed by atoms with Gasteiger partial charge in [-0.25, -0.2) is 0 Å². The van der Waals surface area contributed by atoms with E-state index in [1.54, 1.807) is 0 Å². The van der Waals surface area contributed by atoms with Crippen LogP contribution in [0.25, 0.3) is 0 Å². The second-order valence-electron chi connectivity index (χ2n) is 8.17. The zero-order valence-corrected chi connectivity index (χ0v) is 16.8. The Balaban J connectivity index is 1.33. The Morgan fingerprint density at radius 3 is 2.76 bits per heavy atom. The van der Waals surface area contributed by atoms with E-state index in [0.29, 0.717) is 17.3 Å². The minimum absolute atomic E-state index is 0.0667. The number of epoxide rings is 1. The first kappa shape index (κ1) is 17.7. The molecular weight excluding hydrogens is 352 g/mol. The van der Waals surface area contributed by atoms with Crippen molar-refractivity contribution in [1.82, 2.24) is 0 Å². The summed E-state index contributed by atoms with van der Waals surface area (Å²) in [4.78, 5) is 12.7. The predicted octanol–water partition coefficient (Wildman–Crippen LogP) is 4.79. The van der Waals surface area contributed by atoms with E-state index < -0.39 is 0 Å². The standard InChI is InChI=1S/C20H26O3S2/c1-19(2,14-8-9-20(3)17(10-14)23-20)25-18(21)13-4-6-15(7-5-13)22-11-16-12-24-16/h4-7,14,16-17H,8-12H2,1-3H3. The highest BCUT2D eigenvalue weighted by molar-refractivity contribution is 8.15. The lowest BCUT2D eigenvalue weighted by atomic mass is 9.77. The first-order chi connectivity index (χ1) is 11.9. The molecule has 0 aromatic heterocycles. The molecule has 4 rings (SSSR count). The van der Waals surface area contributed by atoms with Gasteiger partial charge in [0.05, 0.1) is 11.7 Å². The summed E-state index contributed by atoms with van der Waals surface area (Å²) >= 11 is 3.40. The molecule has 3 fully saturated rings. The highest BCUT2D eigenvalue weighted by Crippen LogP contribution is 2.53. The molecule has 25 heavy (non-hydrogen) atoms. The molecule has 2 heterocycles. The van der Waals surface area contributed by atoms with Gasteiger partial charge in [0.2, 0.25) is 5.12 Å². The van der Waals surface area contributed by atoms with Crippen molar-refractivity contribution in [2.75, 3.05) is 12.4 Å². The molecule has 0 radical (unpaired) electrons. The predicted molar refractivity (Wildman–Crippen MR) is 105 cm³/mol. The molecule has 1 aromatic carbocycles. The van der Waals surface area contributed by atoms with Crippen molar-refractivity contribution < 1.29 is 14.3 Å². The van der Waals surface area contributed by atoms with Crippen LogP contribution in [-0.4, -0.2) is 39.2 Å². The van der Waals surface area contributed by atoms with E-state index in [4.69, 9.17) is 9.47 Å². The number of ether oxygens (including phenoxy) is 2. The zero-order valence-electron chi connectivity index (χ0n) is 15.1. The molecule has 2 saturated heterocycles. The van der Waals surface area contributed by atoms with Gasteiger partial charge in [-0.05, 0) is 70.2 Å².